The van der Waals surface area contributed by atoms with Gasteiger partial charge in [0.05, 0.1) is 14.2 Å². The van der Waals surface area contributed by atoms with Crippen LogP contribution in [0.3, 0.4) is 0 Å². The summed E-state index contributed by atoms with van der Waals surface area (Å²) < 4.78 is 10.8. The van der Waals surface area contributed by atoms with E-state index in [-0.39, 0.29) is 12.0 Å². The molecule has 0 fully saturated rings. The molecule has 0 bridgehead atoms. The zero-order chi connectivity index (χ0) is 18.5. The van der Waals surface area contributed by atoms with E-state index in [2.05, 4.69) is 55.5 Å². The molecular weight excluding hydrogens is 322 g/mol. The minimum absolute atomic E-state index is 0.0112. The Kier molecular flexibility index (Phi) is 5.59. The lowest BCUT2D eigenvalue weighted by atomic mass is 9.82. The van der Waals surface area contributed by atoms with Crippen LogP contribution in [0.2, 0.25) is 0 Å². The van der Waals surface area contributed by atoms with E-state index in [9.17, 15) is 0 Å². The van der Waals surface area contributed by atoms with Crippen LogP contribution in [0.15, 0.2) is 72.8 Å². The third-order valence-electron chi connectivity index (χ3n) is 4.73. The Balaban J connectivity index is 2.09. The van der Waals surface area contributed by atoms with E-state index in [0.29, 0.717) is 0 Å². The molecule has 3 rings (SSSR count). The minimum Gasteiger partial charge on any atom is -0.497 e. The highest BCUT2D eigenvalue weighted by molar-refractivity contribution is 5.43. The minimum atomic E-state index is -0.185. The van der Waals surface area contributed by atoms with Gasteiger partial charge in [-0.3, -0.25) is 0 Å². The zero-order valence-electron chi connectivity index (χ0n) is 15.5. The number of aryl methyl sites for hydroxylation is 1. The first-order valence-electron chi connectivity index (χ1n) is 8.72. The lowest BCUT2D eigenvalue weighted by molar-refractivity contribution is 0.412. The third-order valence-corrected chi connectivity index (χ3v) is 4.73. The van der Waals surface area contributed by atoms with Crippen molar-refractivity contribution in [2.45, 2.75) is 18.9 Å². The van der Waals surface area contributed by atoms with Crippen molar-refractivity contribution in [1.29, 1.82) is 0 Å². The van der Waals surface area contributed by atoms with E-state index in [1.54, 1.807) is 14.2 Å². The Bertz CT molecular complexity index is 811. The standard InChI is InChI=1S/C23H25NO2/c1-16-10-12-17(13-11-16)23(24)22(18-6-4-8-20(14-18)25-2)19-7-5-9-21(15-19)26-3/h4-15,22-23H,24H2,1-3H3. The maximum Gasteiger partial charge on any atom is 0.119 e. The highest BCUT2D eigenvalue weighted by Crippen LogP contribution is 2.37. The molecule has 1 unspecified atom stereocenters. The fraction of sp³-hybridized carbons (Fsp3) is 0.217. The van der Waals surface area contributed by atoms with E-state index in [0.717, 1.165) is 28.2 Å². The average Bonchev–Trinajstić information content (AvgIpc) is 2.69. The van der Waals surface area contributed by atoms with Crippen molar-refractivity contribution in [3.63, 3.8) is 0 Å². The van der Waals surface area contributed by atoms with Gasteiger partial charge in [0.15, 0.2) is 0 Å². The van der Waals surface area contributed by atoms with Crippen LogP contribution >= 0.6 is 0 Å². The van der Waals surface area contributed by atoms with Gasteiger partial charge >= 0.3 is 0 Å². The predicted molar refractivity (Wildman–Crippen MR) is 106 cm³/mol. The SMILES string of the molecule is COc1cccc(C(c2cccc(OC)c2)C(N)c2ccc(C)cc2)c1. The highest BCUT2D eigenvalue weighted by Gasteiger charge is 2.24. The quantitative estimate of drug-likeness (QED) is 0.693. The summed E-state index contributed by atoms with van der Waals surface area (Å²) >= 11 is 0. The van der Waals surface area contributed by atoms with Crippen LogP contribution in [0.5, 0.6) is 11.5 Å². The Morgan fingerprint density at radius 3 is 1.65 bits per heavy atom. The molecule has 0 aliphatic rings. The van der Waals surface area contributed by atoms with Crippen molar-refractivity contribution in [3.05, 3.63) is 95.1 Å². The molecule has 3 nitrogen and oxygen atoms in total. The van der Waals surface area contributed by atoms with Crippen molar-refractivity contribution in [3.8, 4) is 11.5 Å². The number of benzene rings is 3. The molecule has 0 spiro atoms. The number of nitrogens with two attached hydrogens (primary N) is 1. The van der Waals surface area contributed by atoms with Crippen LogP contribution in [-0.2, 0) is 0 Å². The topological polar surface area (TPSA) is 44.5 Å². The van der Waals surface area contributed by atoms with Gasteiger partial charge in [0.25, 0.3) is 0 Å². The molecule has 26 heavy (non-hydrogen) atoms. The number of rotatable bonds is 6. The summed E-state index contributed by atoms with van der Waals surface area (Å²) in [6, 6.07) is 24.4. The molecule has 0 amide bonds. The summed E-state index contributed by atoms with van der Waals surface area (Å²) in [6.45, 7) is 2.08. The van der Waals surface area contributed by atoms with Crippen molar-refractivity contribution in [2.75, 3.05) is 14.2 Å². The van der Waals surface area contributed by atoms with Gasteiger partial charge in [-0.15, -0.1) is 0 Å². The molecular formula is C23H25NO2. The summed E-state index contributed by atoms with van der Waals surface area (Å²) in [5.41, 5.74) is 11.3. The molecule has 3 heteroatoms. The second-order valence-corrected chi connectivity index (χ2v) is 6.47. The van der Waals surface area contributed by atoms with E-state index in [1.807, 2.05) is 24.3 Å². The highest BCUT2D eigenvalue weighted by atomic mass is 16.5. The van der Waals surface area contributed by atoms with Gasteiger partial charge in [-0.2, -0.15) is 0 Å². The lowest BCUT2D eigenvalue weighted by Crippen LogP contribution is -2.21. The van der Waals surface area contributed by atoms with Crippen molar-refractivity contribution >= 4 is 0 Å². The van der Waals surface area contributed by atoms with Crippen LogP contribution < -0.4 is 15.2 Å². The second kappa shape index (κ2) is 8.07. The molecule has 134 valence electrons. The second-order valence-electron chi connectivity index (χ2n) is 6.47. The molecule has 1 atom stereocenters. The molecule has 3 aromatic carbocycles. The molecule has 0 saturated heterocycles. The molecule has 0 aliphatic carbocycles. The Morgan fingerprint density at radius 2 is 1.19 bits per heavy atom. The normalized spacial score (nSPS) is 12.0. The molecule has 0 saturated carbocycles. The molecule has 3 aromatic rings. The van der Waals surface area contributed by atoms with E-state index >= 15 is 0 Å². The van der Waals surface area contributed by atoms with E-state index in [1.165, 1.54) is 5.56 Å². The zero-order valence-corrected chi connectivity index (χ0v) is 15.5. The van der Waals surface area contributed by atoms with Gasteiger partial charge in [-0.05, 0) is 47.9 Å². The number of hydrogen-bond acceptors (Lipinski definition) is 3. The maximum atomic E-state index is 6.75. The van der Waals surface area contributed by atoms with Crippen molar-refractivity contribution < 1.29 is 9.47 Å². The van der Waals surface area contributed by atoms with Gasteiger partial charge < -0.3 is 15.2 Å². The Labute approximate surface area is 155 Å². The van der Waals surface area contributed by atoms with Gasteiger partial charge in [0, 0.05) is 12.0 Å². The largest absolute Gasteiger partial charge is 0.497 e. The number of methoxy groups -OCH3 is 2. The maximum absolute atomic E-state index is 6.75. The summed E-state index contributed by atoms with van der Waals surface area (Å²) in [6.07, 6.45) is 0. The van der Waals surface area contributed by atoms with Gasteiger partial charge in [0.1, 0.15) is 11.5 Å². The summed E-state index contributed by atoms with van der Waals surface area (Å²) in [4.78, 5) is 0. The van der Waals surface area contributed by atoms with E-state index < -0.39 is 0 Å². The lowest BCUT2D eigenvalue weighted by Gasteiger charge is -2.26. The van der Waals surface area contributed by atoms with E-state index in [4.69, 9.17) is 15.2 Å². The number of hydrogen-bond donors (Lipinski definition) is 1. The summed E-state index contributed by atoms with van der Waals surface area (Å²) in [7, 11) is 3.36. The third kappa shape index (κ3) is 3.89. The van der Waals surface area contributed by atoms with Crippen molar-refractivity contribution in [2.24, 2.45) is 5.73 Å². The van der Waals surface area contributed by atoms with Crippen LogP contribution in [0.4, 0.5) is 0 Å². The van der Waals surface area contributed by atoms with Gasteiger partial charge in [-0.1, -0.05) is 54.1 Å². The molecule has 0 aliphatic heterocycles. The monoisotopic (exact) mass is 347 g/mol. The first kappa shape index (κ1) is 18.0. The predicted octanol–water partition coefficient (Wildman–Crippen LogP) is 4.84. The average molecular weight is 347 g/mol. The molecule has 0 heterocycles. The Morgan fingerprint density at radius 1 is 0.692 bits per heavy atom. The first-order chi connectivity index (χ1) is 12.6. The van der Waals surface area contributed by atoms with Crippen LogP contribution in [0.1, 0.15) is 34.2 Å². The molecule has 0 aromatic heterocycles. The summed E-state index contributed by atoms with van der Waals surface area (Å²) in [5.74, 6) is 1.64. The van der Waals surface area contributed by atoms with Crippen LogP contribution in [-0.4, -0.2) is 14.2 Å². The van der Waals surface area contributed by atoms with Gasteiger partial charge in [0.2, 0.25) is 0 Å². The van der Waals surface area contributed by atoms with Crippen LogP contribution in [0.25, 0.3) is 0 Å². The van der Waals surface area contributed by atoms with Crippen molar-refractivity contribution in [1.82, 2.24) is 0 Å². The van der Waals surface area contributed by atoms with Crippen LogP contribution in [0, 0.1) is 6.92 Å². The first-order valence-corrected chi connectivity index (χ1v) is 8.72. The summed E-state index contributed by atoms with van der Waals surface area (Å²) in [5, 5.41) is 0. The van der Waals surface area contributed by atoms with Gasteiger partial charge in [-0.25, -0.2) is 0 Å². The smallest absolute Gasteiger partial charge is 0.119 e. The number of ether oxygens (including phenoxy) is 2. The molecule has 2 N–H and O–H groups in total. The fourth-order valence-electron chi connectivity index (χ4n) is 3.26. The fourth-order valence-corrected chi connectivity index (χ4v) is 3.26. The Hall–Kier alpha value is -2.78. The molecule has 0 radical (unpaired) electrons.